The molecule has 0 saturated carbocycles. The lowest BCUT2D eigenvalue weighted by atomic mass is 9.72. The summed E-state index contributed by atoms with van der Waals surface area (Å²) in [5, 5.41) is 0. The molecule has 0 radical (unpaired) electrons. The van der Waals surface area contributed by atoms with Gasteiger partial charge in [0.25, 0.3) is 12.3 Å². The van der Waals surface area contributed by atoms with Crippen LogP contribution in [0.2, 0.25) is 0 Å². The third kappa shape index (κ3) is 7.45. The molecular weight excluding hydrogens is 573 g/mol. The van der Waals surface area contributed by atoms with Gasteiger partial charge in [0.2, 0.25) is 0 Å². The fourth-order valence-electron chi connectivity index (χ4n) is 6.03. The smallest absolute Gasteiger partial charge is 0.258 e. The Labute approximate surface area is 251 Å². The van der Waals surface area contributed by atoms with Crippen molar-refractivity contribution in [2.75, 3.05) is 50.8 Å². The molecule has 2 N–H and O–H groups in total. The largest absolute Gasteiger partial charge is 0.451 e. The van der Waals surface area contributed by atoms with Crippen LogP contribution in [-0.2, 0) is 4.74 Å². The first-order valence-corrected chi connectivity index (χ1v) is 14.3. The second-order valence-electron chi connectivity index (χ2n) is 11.8. The van der Waals surface area contributed by atoms with Crippen molar-refractivity contribution < 1.29 is 27.4 Å². The second-order valence-corrected chi connectivity index (χ2v) is 11.8. The number of likely N-dealkylation sites (tertiary alicyclic amines) is 1. The van der Waals surface area contributed by atoms with Gasteiger partial charge in [-0.05, 0) is 70.8 Å². The average molecular weight is 613 g/mol. The Morgan fingerprint density at radius 1 is 1.21 bits per heavy atom. The minimum atomic E-state index is -2.72. The van der Waals surface area contributed by atoms with E-state index in [1.165, 1.54) is 24.7 Å². The van der Waals surface area contributed by atoms with Gasteiger partial charge in [-0.25, -0.2) is 23.1 Å². The predicted octanol–water partition coefficient (Wildman–Crippen LogP) is 4.35. The number of piperidine rings is 1. The minimum Gasteiger partial charge on any atom is -0.451 e. The number of nitrogens with zero attached hydrogens (tertiary/aromatic N) is 5. The van der Waals surface area contributed by atoms with Gasteiger partial charge in [0.1, 0.15) is 17.9 Å². The number of carbonyl (C=O) groups excluding carboxylic acids is 1. The Bertz CT molecular complexity index is 1200. The summed E-state index contributed by atoms with van der Waals surface area (Å²) in [6, 6.07) is 3.16. The number of halogens is 4. The van der Waals surface area contributed by atoms with Crippen molar-refractivity contribution in [3.8, 4) is 11.5 Å². The standard InChI is InChI=1S/C29H39F3N6O3.ClH/c1-19(2)38(14-26(31)32)28(39)23-11-20(30)3-6-24(23)41-25-12-34-18-35-27(25)37-16-29(17-37)7-9-36(10-8-29)13-22-5-4-21(33)15-40-22;/h3,6,11-12,18-19,21-22,26H,4-5,7-10,13-17,33H2,1-2H3;1H/t21-,22+;/m1./s1. The van der Waals surface area contributed by atoms with Crippen LogP contribution in [0.25, 0.3) is 0 Å². The molecule has 13 heteroatoms. The maximum atomic E-state index is 14.2. The second kappa shape index (κ2) is 13.7. The molecule has 1 aromatic carbocycles. The van der Waals surface area contributed by atoms with E-state index in [1.807, 2.05) is 0 Å². The topological polar surface area (TPSA) is 97.1 Å². The van der Waals surface area contributed by atoms with Crippen molar-refractivity contribution in [2.45, 2.75) is 64.1 Å². The summed E-state index contributed by atoms with van der Waals surface area (Å²) in [5.41, 5.74) is 6.01. The normalized spacial score (nSPS) is 22.1. The van der Waals surface area contributed by atoms with Gasteiger partial charge in [0.05, 0.1) is 31.0 Å². The van der Waals surface area contributed by atoms with E-state index in [-0.39, 0.29) is 41.3 Å². The van der Waals surface area contributed by atoms with Crippen molar-refractivity contribution in [3.05, 3.63) is 42.1 Å². The average Bonchev–Trinajstić information content (AvgIpc) is 2.93. The molecule has 4 heterocycles. The highest BCUT2D eigenvalue weighted by Gasteiger charge is 2.46. The van der Waals surface area contributed by atoms with Gasteiger partial charge in [0.15, 0.2) is 11.6 Å². The van der Waals surface area contributed by atoms with E-state index in [0.29, 0.717) is 18.2 Å². The van der Waals surface area contributed by atoms with Crippen LogP contribution in [0, 0.1) is 11.2 Å². The van der Waals surface area contributed by atoms with Crippen molar-refractivity contribution >= 4 is 24.1 Å². The van der Waals surface area contributed by atoms with Gasteiger partial charge in [-0.2, -0.15) is 0 Å². The number of hydrogen-bond donors (Lipinski definition) is 1. The highest BCUT2D eigenvalue weighted by atomic mass is 35.5. The van der Waals surface area contributed by atoms with E-state index >= 15 is 0 Å². The number of carbonyl (C=O) groups is 1. The lowest BCUT2D eigenvalue weighted by molar-refractivity contribution is -0.0277. The maximum Gasteiger partial charge on any atom is 0.258 e. The van der Waals surface area contributed by atoms with E-state index in [2.05, 4.69) is 19.8 Å². The molecule has 1 spiro atoms. The lowest BCUT2D eigenvalue weighted by Crippen LogP contribution is -2.61. The van der Waals surface area contributed by atoms with Crippen LogP contribution >= 0.6 is 12.4 Å². The first-order chi connectivity index (χ1) is 19.6. The number of anilines is 1. The van der Waals surface area contributed by atoms with Gasteiger partial charge < -0.3 is 29.9 Å². The van der Waals surface area contributed by atoms with E-state index < -0.39 is 30.7 Å². The summed E-state index contributed by atoms with van der Waals surface area (Å²) >= 11 is 0. The summed E-state index contributed by atoms with van der Waals surface area (Å²) in [6.45, 7) is 7.74. The van der Waals surface area contributed by atoms with Crippen molar-refractivity contribution in [3.63, 3.8) is 0 Å². The summed E-state index contributed by atoms with van der Waals surface area (Å²) in [7, 11) is 0. The zero-order valence-corrected chi connectivity index (χ0v) is 24.9. The molecule has 3 aliphatic heterocycles. The fourth-order valence-corrected chi connectivity index (χ4v) is 6.03. The Hall–Kier alpha value is -2.67. The highest BCUT2D eigenvalue weighted by Crippen LogP contribution is 2.45. The van der Waals surface area contributed by atoms with Gasteiger partial charge in [-0.15, -0.1) is 12.4 Å². The predicted molar refractivity (Wildman–Crippen MR) is 155 cm³/mol. The number of ether oxygens (including phenoxy) is 2. The Morgan fingerprint density at radius 3 is 2.60 bits per heavy atom. The van der Waals surface area contributed by atoms with Crippen LogP contribution in [0.4, 0.5) is 19.0 Å². The Morgan fingerprint density at radius 2 is 1.95 bits per heavy atom. The number of rotatable bonds is 9. The molecule has 0 aliphatic carbocycles. The van der Waals surface area contributed by atoms with Gasteiger partial charge in [-0.1, -0.05) is 0 Å². The molecule has 2 atom stereocenters. The van der Waals surface area contributed by atoms with E-state index in [9.17, 15) is 18.0 Å². The molecule has 3 fully saturated rings. The molecule has 0 unspecified atom stereocenters. The summed E-state index contributed by atoms with van der Waals surface area (Å²) in [5.74, 6) is -0.444. The molecule has 3 saturated heterocycles. The highest BCUT2D eigenvalue weighted by molar-refractivity contribution is 5.97. The summed E-state index contributed by atoms with van der Waals surface area (Å²) < 4.78 is 52.6. The molecule has 0 bridgehead atoms. The van der Waals surface area contributed by atoms with Gasteiger partial charge >= 0.3 is 0 Å². The Kier molecular flexibility index (Phi) is 10.6. The first-order valence-electron chi connectivity index (χ1n) is 14.3. The number of nitrogens with two attached hydrogens (primary N) is 1. The molecule has 1 aromatic heterocycles. The van der Waals surface area contributed by atoms with Gasteiger partial charge in [-0.3, -0.25) is 4.79 Å². The number of amides is 1. The SMILES string of the molecule is CC(C)N(CC(F)F)C(=O)c1cc(F)ccc1Oc1cncnc1N1CC2(CCN(C[C@@H]3CC[C@@H](N)CO3)CC2)C1.Cl. The molecule has 2 aromatic rings. The monoisotopic (exact) mass is 612 g/mol. The van der Waals surface area contributed by atoms with Crippen LogP contribution in [-0.4, -0.2) is 96.2 Å². The van der Waals surface area contributed by atoms with Crippen LogP contribution in [0.15, 0.2) is 30.7 Å². The number of hydrogen-bond acceptors (Lipinski definition) is 8. The number of alkyl halides is 2. The van der Waals surface area contributed by atoms with E-state index in [4.69, 9.17) is 15.2 Å². The molecule has 5 rings (SSSR count). The Balaban J connectivity index is 0.00000405. The van der Waals surface area contributed by atoms with Crippen molar-refractivity contribution in [1.29, 1.82) is 0 Å². The molecule has 42 heavy (non-hydrogen) atoms. The lowest BCUT2D eigenvalue weighted by Gasteiger charge is -2.54. The number of benzene rings is 1. The zero-order valence-electron chi connectivity index (χ0n) is 24.1. The maximum absolute atomic E-state index is 14.2. The van der Waals surface area contributed by atoms with Gasteiger partial charge in [0, 0.05) is 37.1 Å². The van der Waals surface area contributed by atoms with Crippen LogP contribution < -0.4 is 15.4 Å². The molecular formula is C29H40ClF3N6O3. The zero-order chi connectivity index (χ0) is 29.1. The fraction of sp³-hybridized carbons (Fsp3) is 0.621. The quantitative estimate of drug-likeness (QED) is 0.446. The van der Waals surface area contributed by atoms with Crippen molar-refractivity contribution in [1.82, 2.24) is 19.8 Å². The van der Waals surface area contributed by atoms with Crippen molar-refractivity contribution in [2.24, 2.45) is 11.1 Å². The van der Waals surface area contributed by atoms with Crippen LogP contribution in [0.3, 0.4) is 0 Å². The summed E-state index contributed by atoms with van der Waals surface area (Å²) in [6.07, 6.45) is 4.64. The molecule has 1 amide bonds. The number of aromatic nitrogens is 2. The van der Waals surface area contributed by atoms with E-state index in [1.54, 1.807) is 13.8 Å². The van der Waals surface area contributed by atoms with Crippen LogP contribution in [0.5, 0.6) is 11.5 Å². The summed E-state index contributed by atoms with van der Waals surface area (Å²) in [4.78, 5) is 27.4. The third-order valence-corrected chi connectivity index (χ3v) is 8.41. The third-order valence-electron chi connectivity index (χ3n) is 8.41. The minimum absolute atomic E-state index is 0. The van der Waals surface area contributed by atoms with E-state index in [0.717, 1.165) is 69.4 Å². The molecule has 3 aliphatic rings. The molecule has 232 valence electrons. The van der Waals surface area contributed by atoms with Crippen LogP contribution in [0.1, 0.15) is 49.9 Å². The first kappa shape index (κ1) is 32.2. The molecule has 9 nitrogen and oxygen atoms in total.